The van der Waals surface area contributed by atoms with Crippen molar-refractivity contribution in [2.24, 2.45) is 0 Å². The van der Waals surface area contributed by atoms with Crippen LogP contribution in [0.4, 0.5) is 10.8 Å². The van der Waals surface area contributed by atoms with Crippen molar-refractivity contribution >= 4 is 48.3 Å². The summed E-state index contributed by atoms with van der Waals surface area (Å²) in [6.07, 6.45) is 1.42. The molecule has 0 unspecified atom stereocenters. The number of para-hydroxylation sites is 1. The smallest absolute Gasteiger partial charge is 0.282 e. The number of nitro groups is 1. The third kappa shape index (κ3) is 4.89. The molecule has 0 aliphatic rings. The summed E-state index contributed by atoms with van der Waals surface area (Å²) in [7, 11) is -3.64. The zero-order chi connectivity index (χ0) is 22.6. The number of carbonyl (C=O) groups is 1. The van der Waals surface area contributed by atoms with Crippen molar-refractivity contribution in [2.45, 2.75) is 31.6 Å². The average Bonchev–Trinajstić information content (AvgIpc) is 3.14. The molecule has 0 fully saturated rings. The Kier molecular flexibility index (Phi) is 6.98. The van der Waals surface area contributed by atoms with Crippen LogP contribution in [0.25, 0.3) is 10.2 Å². The molecule has 0 radical (unpaired) electrons. The van der Waals surface area contributed by atoms with Gasteiger partial charge in [-0.05, 0) is 37.1 Å². The lowest BCUT2D eigenvalue weighted by atomic mass is 10.1. The van der Waals surface area contributed by atoms with Gasteiger partial charge in [0, 0.05) is 19.2 Å². The van der Waals surface area contributed by atoms with Crippen LogP contribution < -0.4 is 5.32 Å². The number of thiazole rings is 1. The number of sulfonamides is 1. The standard InChI is InChI=1S/C20H22N4O5S2/c1-3-11-23(12-4-2)31(28,29)14-9-10-16-18(13-14)30-20(21-16)22-19(25)15-7-5-6-8-17(15)24(26)27/h5-10,13H,3-4,11-12H2,1-2H3,(H,21,22,25). The van der Waals surface area contributed by atoms with Gasteiger partial charge in [0.15, 0.2) is 5.13 Å². The van der Waals surface area contributed by atoms with Crippen molar-refractivity contribution in [1.29, 1.82) is 0 Å². The number of benzene rings is 2. The normalized spacial score (nSPS) is 11.7. The predicted octanol–water partition coefficient (Wildman–Crippen LogP) is 4.27. The Hall–Kier alpha value is -2.89. The van der Waals surface area contributed by atoms with Crippen LogP contribution in [0, 0.1) is 10.1 Å². The van der Waals surface area contributed by atoms with Gasteiger partial charge in [-0.2, -0.15) is 4.31 Å². The first-order valence-electron chi connectivity index (χ1n) is 9.73. The minimum atomic E-state index is -3.64. The molecule has 164 valence electrons. The maximum Gasteiger partial charge on any atom is 0.282 e. The molecule has 2 aromatic carbocycles. The summed E-state index contributed by atoms with van der Waals surface area (Å²) in [5, 5.41) is 13.9. The van der Waals surface area contributed by atoms with Gasteiger partial charge in [0.05, 0.1) is 20.0 Å². The van der Waals surface area contributed by atoms with Gasteiger partial charge in [-0.15, -0.1) is 0 Å². The van der Waals surface area contributed by atoms with E-state index in [1.54, 1.807) is 12.1 Å². The van der Waals surface area contributed by atoms with Gasteiger partial charge in [-0.3, -0.25) is 20.2 Å². The first-order chi connectivity index (χ1) is 14.8. The molecule has 3 aromatic rings. The molecule has 9 nitrogen and oxygen atoms in total. The number of rotatable bonds is 9. The molecule has 11 heteroatoms. The van der Waals surface area contributed by atoms with Crippen molar-refractivity contribution in [3.05, 3.63) is 58.1 Å². The molecule has 0 saturated carbocycles. The zero-order valence-corrected chi connectivity index (χ0v) is 18.7. The van der Waals surface area contributed by atoms with E-state index in [1.165, 1.54) is 34.6 Å². The zero-order valence-electron chi connectivity index (χ0n) is 17.1. The quantitative estimate of drug-likeness (QED) is 0.374. The van der Waals surface area contributed by atoms with E-state index in [2.05, 4.69) is 10.3 Å². The molecular formula is C20H22N4O5S2. The van der Waals surface area contributed by atoms with E-state index in [9.17, 15) is 23.3 Å². The molecule has 0 bridgehead atoms. The highest BCUT2D eigenvalue weighted by molar-refractivity contribution is 7.89. The molecule has 0 atom stereocenters. The Morgan fingerprint density at radius 3 is 2.48 bits per heavy atom. The van der Waals surface area contributed by atoms with Crippen LogP contribution >= 0.6 is 11.3 Å². The number of amides is 1. The summed E-state index contributed by atoms with van der Waals surface area (Å²) in [6.45, 7) is 4.73. The fraction of sp³-hybridized carbons (Fsp3) is 0.300. The summed E-state index contributed by atoms with van der Waals surface area (Å²) in [5.74, 6) is -0.656. The van der Waals surface area contributed by atoms with Gasteiger partial charge in [-0.25, -0.2) is 13.4 Å². The summed E-state index contributed by atoms with van der Waals surface area (Å²) in [4.78, 5) is 27.5. The molecule has 31 heavy (non-hydrogen) atoms. The van der Waals surface area contributed by atoms with Crippen molar-refractivity contribution in [2.75, 3.05) is 18.4 Å². The second kappa shape index (κ2) is 9.50. The van der Waals surface area contributed by atoms with Crippen LogP contribution in [-0.2, 0) is 10.0 Å². The minimum Gasteiger partial charge on any atom is -0.298 e. The third-order valence-electron chi connectivity index (χ3n) is 4.51. The Bertz CT molecular complexity index is 1220. The first-order valence-corrected chi connectivity index (χ1v) is 12.0. The maximum absolute atomic E-state index is 13.0. The number of aromatic nitrogens is 1. The molecule has 1 aromatic heterocycles. The molecule has 1 heterocycles. The lowest BCUT2D eigenvalue weighted by Crippen LogP contribution is -2.32. The number of nitrogens with zero attached hydrogens (tertiary/aromatic N) is 3. The van der Waals surface area contributed by atoms with Crippen LogP contribution in [0.3, 0.4) is 0 Å². The lowest BCUT2D eigenvalue weighted by molar-refractivity contribution is -0.385. The van der Waals surface area contributed by atoms with Crippen molar-refractivity contribution in [3.63, 3.8) is 0 Å². The molecule has 1 amide bonds. The van der Waals surface area contributed by atoms with E-state index in [0.29, 0.717) is 36.1 Å². The van der Waals surface area contributed by atoms with Crippen LogP contribution in [0.15, 0.2) is 47.4 Å². The lowest BCUT2D eigenvalue weighted by Gasteiger charge is -2.20. The highest BCUT2D eigenvalue weighted by Crippen LogP contribution is 2.30. The van der Waals surface area contributed by atoms with E-state index in [0.717, 1.165) is 11.3 Å². The minimum absolute atomic E-state index is 0.0789. The van der Waals surface area contributed by atoms with Gasteiger partial charge < -0.3 is 0 Å². The number of carbonyl (C=O) groups excluding carboxylic acids is 1. The first kappa shape index (κ1) is 22.8. The summed E-state index contributed by atoms with van der Waals surface area (Å²) < 4.78 is 28.1. The fourth-order valence-corrected chi connectivity index (χ4v) is 5.73. The number of fused-ring (bicyclic) bond motifs is 1. The summed E-state index contributed by atoms with van der Waals surface area (Å²) in [6, 6.07) is 10.3. The predicted molar refractivity (Wildman–Crippen MR) is 120 cm³/mol. The second-order valence-corrected chi connectivity index (χ2v) is 9.75. The average molecular weight is 463 g/mol. The van der Waals surface area contributed by atoms with Gasteiger partial charge in [0.1, 0.15) is 5.56 Å². The molecule has 0 aliphatic heterocycles. The fourth-order valence-electron chi connectivity index (χ4n) is 3.11. The Labute approximate surface area is 183 Å². The number of hydrogen-bond acceptors (Lipinski definition) is 7. The molecule has 1 N–H and O–H groups in total. The number of hydrogen-bond donors (Lipinski definition) is 1. The van der Waals surface area contributed by atoms with Gasteiger partial charge in [-0.1, -0.05) is 37.3 Å². The van der Waals surface area contributed by atoms with Crippen LogP contribution in [-0.4, -0.2) is 41.6 Å². The Morgan fingerprint density at radius 1 is 1.16 bits per heavy atom. The van der Waals surface area contributed by atoms with E-state index in [1.807, 2.05) is 13.8 Å². The van der Waals surface area contributed by atoms with Gasteiger partial charge >= 0.3 is 0 Å². The van der Waals surface area contributed by atoms with Gasteiger partial charge in [0.25, 0.3) is 11.6 Å². The van der Waals surface area contributed by atoms with E-state index in [-0.39, 0.29) is 21.3 Å². The number of anilines is 1. The Balaban J connectivity index is 1.89. The van der Waals surface area contributed by atoms with E-state index < -0.39 is 20.9 Å². The monoisotopic (exact) mass is 462 g/mol. The van der Waals surface area contributed by atoms with Crippen molar-refractivity contribution in [3.8, 4) is 0 Å². The molecule has 0 aliphatic carbocycles. The second-order valence-electron chi connectivity index (χ2n) is 6.78. The van der Waals surface area contributed by atoms with Gasteiger partial charge in [0.2, 0.25) is 10.0 Å². The number of nitro benzene ring substituents is 1. The van der Waals surface area contributed by atoms with Crippen LogP contribution in [0.5, 0.6) is 0 Å². The maximum atomic E-state index is 13.0. The molecular weight excluding hydrogens is 440 g/mol. The largest absolute Gasteiger partial charge is 0.298 e. The van der Waals surface area contributed by atoms with E-state index >= 15 is 0 Å². The SMILES string of the molecule is CCCN(CCC)S(=O)(=O)c1ccc2nc(NC(=O)c3ccccc3[N+](=O)[O-])sc2c1. The van der Waals surface area contributed by atoms with Crippen molar-refractivity contribution < 1.29 is 18.1 Å². The third-order valence-corrected chi connectivity index (χ3v) is 7.34. The number of nitrogens with one attached hydrogen (secondary N) is 1. The van der Waals surface area contributed by atoms with E-state index in [4.69, 9.17) is 0 Å². The highest BCUT2D eigenvalue weighted by Gasteiger charge is 2.24. The summed E-state index contributed by atoms with van der Waals surface area (Å²) in [5.41, 5.74) is 0.144. The highest BCUT2D eigenvalue weighted by atomic mass is 32.2. The van der Waals surface area contributed by atoms with Crippen LogP contribution in [0.1, 0.15) is 37.0 Å². The topological polar surface area (TPSA) is 123 Å². The van der Waals surface area contributed by atoms with Crippen molar-refractivity contribution in [1.82, 2.24) is 9.29 Å². The molecule has 0 saturated heterocycles. The van der Waals surface area contributed by atoms with Crippen LogP contribution in [0.2, 0.25) is 0 Å². The molecule has 3 rings (SSSR count). The summed E-state index contributed by atoms with van der Waals surface area (Å²) >= 11 is 1.11. The Morgan fingerprint density at radius 2 is 1.84 bits per heavy atom. The molecule has 0 spiro atoms.